The fraction of sp³-hybridized carbons (Fsp3) is 0.0909. The number of ether oxygens (including phenoxy) is 1. The minimum atomic E-state index is -3.77. The summed E-state index contributed by atoms with van der Waals surface area (Å²) in [6, 6.07) is 21.2. The van der Waals surface area contributed by atoms with E-state index in [1.807, 2.05) is 25.1 Å². The molecule has 0 aromatic heterocycles. The summed E-state index contributed by atoms with van der Waals surface area (Å²) >= 11 is 0. The van der Waals surface area contributed by atoms with Crippen LogP contribution in [-0.4, -0.2) is 20.9 Å². The van der Waals surface area contributed by atoms with Crippen LogP contribution in [0.4, 0.5) is 11.4 Å². The van der Waals surface area contributed by atoms with E-state index >= 15 is 0 Å². The molecular weight excluding hydrogens is 402 g/mol. The van der Waals surface area contributed by atoms with Crippen molar-refractivity contribution in [1.29, 1.82) is 5.26 Å². The monoisotopic (exact) mass is 421 g/mol. The molecule has 0 aliphatic carbocycles. The Morgan fingerprint density at radius 3 is 2.30 bits per heavy atom. The van der Waals surface area contributed by atoms with Crippen molar-refractivity contribution in [2.45, 2.75) is 11.8 Å². The van der Waals surface area contributed by atoms with Crippen LogP contribution >= 0.6 is 0 Å². The normalized spacial score (nSPS) is 10.7. The van der Waals surface area contributed by atoms with Gasteiger partial charge in [0.2, 0.25) is 0 Å². The summed E-state index contributed by atoms with van der Waals surface area (Å²) in [6.45, 7) is 1.76. The highest BCUT2D eigenvalue weighted by molar-refractivity contribution is 7.92. The molecule has 0 aliphatic heterocycles. The van der Waals surface area contributed by atoms with Crippen LogP contribution in [0.1, 0.15) is 15.9 Å². The van der Waals surface area contributed by atoms with Crippen molar-refractivity contribution in [3.8, 4) is 11.8 Å². The van der Waals surface area contributed by atoms with Gasteiger partial charge in [0.25, 0.3) is 15.9 Å². The van der Waals surface area contributed by atoms with Crippen LogP contribution in [0.2, 0.25) is 0 Å². The van der Waals surface area contributed by atoms with Crippen LogP contribution < -0.4 is 14.8 Å². The molecule has 30 heavy (non-hydrogen) atoms. The van der Waals surface area contributed by atoms with Gasteiger partial charge in [-0.3, -0.25) is 9.52 Å². The number of sulfonamides is 1. The number of aryl methyl sites for hydroxylation is 1. The minimum Gasteiger partial charge on any atom is -0.479 e. The van der Waals surface area contributed by atoms with Crippen LogP contribution in [0, 0.1) is 18.3 Å². The number of anilines is 2. The number of nitrogens with zero attached hydrogens (tertiary/aromatic N) is 1. The summed E-state index contributed by atoms with van der Waals surface area (Å²) in [5.41, 5.74) is 2.17. The second kappa shape index (κ2) is 9.11. The molecule has 0 heterocycles. The maximum atomic E-state index is 12.6. The molecule has 2 N–H and O–H groups in total. The van der Waals surface area contributed by atoms with Crippen molar-refractivity contribution < 1.29 is 17.9 Å². The number of rotatable bonds is 7. The average molecular weight is 421 g/mol. The van der Waals surface area contributed by atoms with Gasteiger partial charge in [-0.2, -0.15) is 5.26 Å². The van der Waals surface area contributed by atoms with Gasteiger partial charge in [-0.15, -0.1) is 0 Å². The van der Waals surface area contributed by atoms with Gasteiger partial charge in [-0.25, -0.2) is 8.42 Å². The number of nitriles is 1. The molecule has 8 heteroatoms. The number of hydrogen-bond acceptors (Lipinski definition) is 5. The lowest BCUT2D eigenvalue weighted by Gasteiger charge is -2.11. The van der Waals surface area contributed by atoms with E-state index in [1.165, 1.54) is 24.3 Å². The Labute approximate surface area is 175 Å². The lowest BCUT2D eigenvalue weighted by molar-refractivity contribution is 0.102. The highest BCUT2D eigenvalue weighted by Crippen LogP contribution is 2.20. The Hall–Kier alpha value is -3.83. The topological polar surface area (TPSA) is 108 Å². The summed E-state index contributed by atoms with van der Waals surface area (Å²) < 4.78 is 32.9. The molecule has 0 aliphatic rings. The van der Waals surface area contributed by atoms with Gasteiger partial charge in [-0.05, 0) is 67.1 Å². The summed E-state index contributed by atoms with van der Waals surface area (Å²) in [6.07, 6.45) is 0. The molecule has 0 saturated carbocycles. The summed E-state index contributed by atoms with van der Waals surface area (Å²) in [7, 11) is -3.77. The third kappa shape index (κ3) is 5.16. The van der Waals surface area contributed by atoms with Gasteiger partial charge in [0, 0.05) is 11.3 Å². The predicted molar refractivity (Wildman–Crippen MR) is 114 cm³/mol. The van der Waals surface area contributed by atoms with Crippen molar-refractivity contribution in [3.05, 3.63) is 83.9 Å². The molecule has 0 unspecified atom stereocenters. The molecule has 0 atom stereocenters. The van der Waals surface area contributed by atoms with Gasteiger partial charge >= 0.3 is 0 Å². The van der Waals surface area contributed by atoms with Crippen molar-refractivity contribution in [2.24, 2.45) is 0 Å². The highest BCUT2D eigenvalue weighted by Gasteiger charge is 2.16. The first kappa shape index (κ1) is 20.9. The number of amides is 1. The summed E-state index contributed by atoms with van der Waals surface area (Å²) in [5, 5.41) is 11.2. The molecule has 7 nitrogen and oxygen atoms in total. The van der Waals surface area contributed by atoms with Crippen LogP contribution in [0.15, 0.2) is 77.7 Å². The molecule has 1 amide bonds. The highest BCUT2D eigenvalue weighted by atomic mass is 32.2. The number of carbonyl (C=O) groups is 1. The van der Waals surface area contributed by atoms with E-state index in [1.54, 1.807) is 36.4 Å². The van der Waals surface area contributed by atoms with E-state index in [0.717, 1.165) is 5.56 Å². The van der Waals surface area contributed by atoms with Crippen LogP contribution in [-0.2, 0) is 10.0 Å². The largest absolute Gasteiger partial charge is 0.479 e. The molecule has 0 spiro atoms. The van der Waals surface area contributed by atoms with Crippen molar-refractivity contribution in [2.75, 3.05) is 16.6 Å². The van der Waals surface area contributed by atoms with Crippen LogP contribution in [0.25, 0.3) is 0 Å². The zero-order chi connectivity index (χ0) is 21.6. The Bertz CT molecular complexity index is 1180. The predicted octanol–water partition coefficient (Wildman–Crippen LogP) is 3.95. The van der Waals surface area contributed by atoms with E-state index < -0.39 is 10.0 Å². The number of hydrogen-bond donors (Lipinski definition) is 2. The fourth-order valence-electron chi connectivity index (χ4n) is 2.63. The SMILES string of the molecule is Cc1ccccc1NS(=O)(=O)c1ccc(C(=O)Nc2ccc(OCC#N)cc2)cc1. The first-order chi connectivity index (χ1) is 14.4. The Kier molecular flexibility index (Phi) is 6.35. The zero-order valence-corrected chi connectivity index (χ0v) is 16.9. The quantitative estimate of drug-likeness (QED) is 0.600. The van der Waals surface area contributed by atoms with E-state index in [-0.39, 0.29) is 17.4 Å². The lowest BCUT2D eigenvalue weighted by Crippen LogP contribution is -2.15. The second-order valence-electron chi connectivity index (χ2n) is 6.37. The minimum absolute atomic E-state index is 0.0559. The number of carbonyl (C=O) groups excluding carboxylic acids is 1. The molecular formula is C22H19N3O4S. The molecule has 3 aromatic carbocycles. The first-order valence-corrected chi connectivity index (χ1v) is 10.5. The van der Waals surface area contributed by atoms with Crippen LogP contribution in [0.3, 0.4) is 0 Å². The molecule has 3 aromatic rings. The van der Waals surface area contributed by atoms with Gasteiger partial charge in [0.15, 0.2) is 6.61 Å². The van der Waals surface area contributed by atoms with Gasteiger partial charge in [-0.1, -0.05) is 18.2 Å². The van der Waals surface area contributed by atoms with E-state index in [9.17, 15) is 13.2 Å². The van der Waals surface area contributed by atoms with Crippen molar-refractivity contribution >= 4 is 27.3 Å². The fourth-order valence-corrected chi connectivity index (χ4v) is 3.76. The summed E-state index contributed by atoms with van der Waals surface area (Å²) in [5.74, 6) is 0.141. The van der Waals surface area contributed by atoms with Crippen molar-refractivity contribution in [1.82, 2.24) is 0 Å². The standard InChI is InChI=1S/C22H19N3O4S/c1-16-4-2-3-5-21(16)25-30(27,28)20-12-6-17(7-13-20)22(26)24-18-8-10-19(11-9-18)29-15-14-23/h2-13,25H,15H2,1H3,(H,24,26). The molecule has 0 fully saturated rings. The number of nitrogens with one attached hydrogen (secondary N) is 2. The average Bonchev–Trinajstić information content (AvgIpc) is 2.75. The number of para-hydroxylation sites is 1. The molecule has 0 radical (unpaired) electrons. The smallest absolute Gasteiger partial charge is 0.261 e. The van der Waals surface area contributed by atoms with E-state index in [2.05, 4.69) is 10.0 Å². The molecule has 152 valence electrons. The van der Waals surface area contributed by atoms with Crippen LogP contribution in [0.5, 0.6) is 5.75 Å². The first-order valence-electron chi connectivity index (χ1n) is 8.99. The van der Waals surface area contributed by atoms with Gasteiger partial charge < -0.3 is 10.1 Å². The third-order valence-electron chi connectivity index (χ3n) is 4.23. The Morgan fingerprint density at radius 1 is 1.00 bits per heavy atom. The Morgan fingerprint density at radius 2 is 1.67 bits per heavy atom. The Balaban J connectivity index is 1.68. The number of benzene rings is 3. The molecule has 3 rings (SSSR count). The van der Waals surface area contributed by atoms with Gasteiger partial charge in [0.05, 0.1) is 10.6 Å². The maximum Gasteiger partial charge on any atom is 0.261 e. The molecule has 0 saturated heterocycles. The third-order valence-corrected chi connectivity index (χ3v) is 5.61. The van der Waals surface area contributed by atoms with E-state index in [4.69, 9.17) is 10.00 Å². The maximum absolute atomic E-state index is 12.6. The van der Waals surface area contributed by atoms with E-state index in [0.29, 0.717) is 22.7 Å². The van der Waals surface area contributed by atoms with Crippen molar-refractivity contribution in [3.63, 3.8) is 0 Å². The summed E-state index contributed by atoms with van der Waals surface area (Å²) in [4.78, 5) is 12.5. The lowest BCUT2D eigenvalue weighted by atomic mass is 10.2. The molecule has 0 bridgehead atoms. The van der Waals surface area contributed by atoms with Gasteiger partial charge in [0.1, 0.15) is 11.8 Å². The zero-order valence-electron chi connectivity index (χ0n) is 16.1. The second-order valence-corrected chi connectivity index (χ2v) is 8.05.